The highest BCUT2D eigenvalue weighted by Crippen LogP contribution is 2.21. The minimum Gasteiger partial charge on any atom is -0.380 e. The van der Waals surface area contributed by atoms with Gasteiger partial charge in [0.15, 0.2) is 0 Å². The maximum atomic E-state index is 13.3. The summed E-state index contributed by atoms with van der Waals surface area (Å²) in [5.41, 5.74) is 0.825. The molecule has 2 rings (SSSR count). The van der Waals surface area contributed by atoms with Crippen molar-refractivity contribution >= 4 is 5.69 Å². The van der Waals surface area contributed by atoms with E-state index in [0.717, 1.165) is 11.3 Å². The second kappa shape index (κ2) is 5.85. The van der Waals surface area contributed by atoms with E-state index in [1.807, 2.05) is 13.0 Å². The van der Waals surface area contributed by atoms with E-state index in [4.69, 9.17) is 0 Å². The predicted octanol–water partition coefficient (Wildman–Crippen LogP) is 3.00. The van der Waals surface area contributed by atoms with Gasteiger partial charge in [0.2, 0.25) is 11.6 Å². The summed E-state index contributed by atoms with van der Waals surface area (Å²) in [5, 5.41) is 2.33. The van der Waals surface area contributed by atoms with Gasteiger partial charge < -0.3 is 5.32 Å². The Labute approximate surface area is 112 Å². The first-order valence-corrected chi connectivity index (χ1v) is 5.84. The molecule has 0 saturated carbocycles. The van der Waals surface area contributed by atoms with Gasteiger partial charge in [-0.2, -0.15) is 22.5 Å². The zero-order chi connectivity index (χ0) is 14.7. The fourth-order valence-electron chi connectivity index (χ4n) is 1.62. The molecule has 0 unspecified atom stereocenters. The van der Waals surface area contributed by atoms with Crippen LogP contribution in [0.1, 0.15) is 11.3 Å². The van der Waals surface area contributed by atoms with Crippen LogP contribution in [0.2, 0.25) is 0 Å². The van der Waals surface area contributed by atoms with E-state index in [1.54, 1.807) is 12.3 Å². The van der Waals surface area contributed by atoms with Crippen LogP contribution in [-0.4, -0.2) is 16.5 Å². The highest BCUT2D eigenvalue weighted by Gasteiger charge is 2.20. The highest BCUT2D eigenvalue weighted by molar-refractivity contribution is 5.45. The fourth-order valence-corrected chi connectivity index (χ4v) is 1.62. The van der Waals surface area contributed by atoms with Gasteiger partial charge >= 0.3 is 0 Å². The van der Waals surface area contributed by atoms with Gasteiger partial charge in [-0.25, -0.2) is 0 Å². The Morgan fingerprint density at radius 3 is 2.25 bits per heavy atom. The van der Waals surface area contributed by atoms with Crippen molar-refractivity contribution in [2.45, 2.75) is 13.3 Å². The first-order chi connectivity index (χ1) is 9.49. The van der Waals surface area contributed by atoms with Crippen molar-refractivity contribution < 1.29 is 17.6 Å². The Kier molecular flexibility index (Phi) is 4.16. The largest absolute Gasteiger partial charge is 0.380 e. The molecule has 0 bridgehead atoms. The Balaban J connectivity index is 2.06. The van der Waals surface area contributed by atoms with Crippen LogP contribution in [0.3, 0.4) is 0 Å². The number of hydrogen-bond donors (Lipinski definition) is 1. The van der Waals surface area contributed by atoms with Crippen molar-refractivity contribution in [3.8, 4) is 0 Å². The Morgan fingerprint density at radius 1 is 1.05 bits per heavy atom. The molecule has 0 aliphatic heterocycles. The minimum absolute atomic E-state index is 0.0987. The van der Waals surface area contributed by atoms with Crippen molar-refractivity contribution in [1.29, 1.82) is 0 Å². The molecule has 7 heteroatoms. The predicted molar refractivity (Wildman–Crippen MR) is 65.2 cm³/mol. The van der Waals surface area contributed by atoms with Gasteiger partial charge in [-0.15, -0.1) is 0 Å². The van der Waals surface area contributed by atoms with E-state index in [-0.39, 0.29) is 6.54 Å². The molecule has 0 aromatic carbocycles. The van der Waals surface area contributed by atoms with Gasteiger partial charge in [-0.1, -0.05) is 6.07 Å². The Morgan fingerprint density at radius 2 is 1.70 bits per heavy atom. The number of hydrogen-bond acceptors (Lipinski definition) is 3. The summed E-state index contributed by atoms with van der Waals surface area (Å²) < 4.78 is 52.3. The third-order valence-corrected chi connectivity index (χ3v) is 2.69. The number of anilines is 1. The molecule has 3 nitrogen and oxygen atoms in total. The average molecular weight is 285 g/mol. The number of pyridine rings is 2. The lowest BCUT2D eigenvalue weighted by atomic mass is 10.2. The normalized spacial score (nSPS) is 10.7. The highest BCUT2D eigenvalue weighted by atomic mass is 19.2. The van der Waals surface area contributed by atoms with Crippen molar-refractivity contribution in [2.75, 3.05) is 11.9 Å². The van der Waals surface area contributed by atoms with Gasteiger partial charge in [0.05, 0.1) is 0 Å². The molecular formula is C13H11F4N3. The molecule has 1 N–H and O–H groups in total. The molecule has 0 saturated heterocycles. The van der Waals surface area contributed by atoms with E-state index in [0.29, 0.717) is 6.42 Å². The second-order valence-electron chi connectivity index (χ2n) is 4.18. The van der Waals surface area contributed by atoms with Gasteiger partial charge in [-0.05, 0) is 25.0 Å². The molecule has 106 valence electrons. The number of aryl methyl sites for hydroxylation is 1. The Hall–Kier alpha value is -2.18. The van der Waals surface area contributed by atoms with Crippen LogP contribution < -0.4 is 5.32 Å². The summed E-state index contributed by atoms with van der Waals surface area (Å²) in [4.78, 5) is 6.54. The third kappa shape index (κ3) is 3.04. The van der Waals surface area contributed by atoms with Crippen molar-refractivity contribution in [1.82, 2.24) is 9.97 Å². The molecule has 0 atom stereocenters. The summed E-state index contributed by atoms with van der Waals surface area (Å²) in [5.74, 6) is -6.43. The summed E-state index contributed by atoms with van der Waals surface area (Å²) in [7, 11) is 0. The average Bonchev–Trinajstić information content (AvgIpc) is 2.42. The van der Waals surface area contributed by atoms with Gasteiger partial charge in [0.25, 0.3) is 11.9 Å². The van der Waals surface area contributed by atoms with Crippen molar-refractivity contribution in [2.24, 2.45) is 0 Å². The summed E-state index contributed by atoms with van der Waals surface area (Å²) >= 11 is 0. The van der Waals surface area contributed by atoms with Crippen molar-refractivity contribution in [3.05, 3.63) is 53.1 Å². The molecule has 0 aliphatic carbocycles. The zero-order valence-electron chi connectivity index (χ0n) is 10.6. The number of nitrogens with one attached hydrogen (secondary N) is 1. The van der Waals surface area contributed by atoms with Gasteiger partial charge in [-0.3, -0.25) is 4.98 Å². The zero-order valence-corrected chi connectivity index (χ0v) is 10.6. The molecule has 2 aromatic heterocycles. The number of rotatable bonds is 4. The lowest BCUT2D eigenvalue weighted by Crippen LogP contribution is -2.12. The van der Waals surface area contributed by atoms with E-state index in [9.17, 15) is 17.6 Å². The smallest absolute Gasteiger partial charge is 0.253 e. The van der Waals surface area contributed by atoms with Crippen LogP contribution in [0, 0.1) is 30.5 Å². The monoisotopic (exact) mass is 285 g/mol. The third-order valence-electron chi connectivity index (χ3n) is 2.69. The second-order valence-corrected chi connectivity index (χ2v) is 4.18. The molecule has 0 radical (unpaired) electrons. The number of aromatic nitrogens is 2. The number of nitrogens with zero attached hydrogens (tertiary/aromatic N) is 2. The van der Waals surface area contributed by atoms with Gasteiger partial charge in [0.1, 0.15) is 5.69 Å². The van der Waals surface area contributed by atoms with Crippen molar-refractivity contribution in [3.63, 3.8) is 0 Å². The number of halogens is 4. The van der Waals surface area contributed by atoms with E-state index >= 15 is 0 Å². The van der Waals surface area contributed by atoms with Crippen LogP contribution in [0.25, 0.3) is 0 Å². The molecule has 0 fully saturated rings. The fraction of sp³-hybridized carbons (Fsp3) is 0.231. The molecule has 2 heterocycles. The minimum atomic E-state index is -1.68. The summed E-state index contributed by atoms with van der Waals surface area (Å²) in [6.07, 6.45) is 2.02. The first-order valence-electron chi connectivity index (χ1n) is 5.84. The van der Waals surface area contributed by atoms with E-state index in [2.05, 4.69) is 15.3 Å². The molecule has 20 heavy (non-hydrogen) atoms. The quantitative estimate of drug-likeness (QED) is 0.693. The molecule has 0 amide bonds. The van der Waals surface area contributed by atoms with Crippen LogP contribution in [0.5, 0.6) is 0 Å². The maximum Gasteiger partial charge on any atom is 0.253 e. The van der Waals surface area contributed by atoms with E-state index in [1.165, 1.54) is 0 Å². The van der Waals surface area contributed by atoms with E-state index < -0.39 is 29.2 Å². The summed E-state index contributed by atoms with van der Waals surface area (Å²) in [6, 6.07) is 3.60. The van der Waals surface area contributed by atoms with Gasteiger partial charge in [0, 0.05) is 18.4 Å². The van der Waals surface area contributed by atoms with Crippen LogP contribution >= 0.6 is 0 Å². The summed E-state index contributed by atoms with van der Waals surface area (Å²) in [6.45, 7) is 1.93. The molecule has 0 aliphatic rings. The molecule has 2 aromatic rings. The van der Waals surface area contributed by atoms with Crippen LogP contribution in [0.15, 0.2) is 18.3 Å². The lowest BCUT2D eigenvalue weighted by Gasteiger charge is -2.09. The van der Waals surface area contributed by atoms with Crippen LogP contribution in [-0.2, 0) is 6.42 Å². The molecular weight excluding hydrogens is 274 g/mol. The SMILES string of the molecule is Cc1ccc(CCNc2c(F)c(F)nc(F)c2F)cn1. The lowest BCUT2D eigenvalue weighted by molar-refractivity contribution is 0.410. The molecule has 0 spiro atoms. The Bertz CT molecular complexity index is 588. The maximum absolute atomic E-state index is 13.3. The van der Waals surface area contributed by atoms with Crippen LogP contribution in [0.4, 0.5) is 23.2 Å². The first kappa shape index (κ1) is 14.2. The standard InChI is InChI=1S/C13H11F4N3/c1-7-2-3-8(6-19-7)4-5-18-11-9(14)12(16)20-13(17)10(11)15/h2-3,6H,4-5H2,1H3,(H,18,20). The topological polar surface area (TPSA) is 37.8 Å².